The maximum absolute atomic E-state index is 12.3. The molecule has 1 aromatic heterocycles. The molecule has 1 N–H and O–H groups in total. The minimum atomic E-state index is 0.0673. The number of hydrogen-bond acceptors (Lipinski definition) is 4. The zero-order chi connectivity index (χ0) is 17.9. The number of piperazine rings is 1. The molecule has 138 valence electrons. The van der Waals surface area contributed by atoms with Gasteiger partial charge in [0.15, 0.2) is 0 Å². The summed E-state index contributed by atoms with van der Waals surface area (Å²) in [6, 6.07) is 12.5. The Hall–Kier alpha value is -2.11. The highest BCUT2D eigenvalue weighted by Crippen LogP contribution is 2.47. The van der Waals surface area contributed by atoms with E-state index in [9.17, 15) is 4.79 Å². The van der Waals surface area contributed by atoms with Gasteiger partial charge in [0.05, 0.1) is 6.26 Å². The second kappa shape index (κ2) is 7.64. The van der Waals surface area contributed by atoms with Crippen LogP contribution in [0.15, 0.2) is 47.1 Å². The summed E-state index contributed by atoms with van der Waals surface area (Å²) in [5.74, 6) is 1.39. The standard InChI is InChI=1S/C21H27N3O2/c1-23-8-10-24(11-9-23)15-17-6-4-16(5-7-17)14-22-21(25)19-13-18(19)20-3-2-12-26-20/h2-7,12,18-19H,8-11,13-15H2,1H3,(H,22,25). The van der Waals surface area contributed by atoms with Gasteiger partial charge >= 0.3 is 0 Å². The van der Waals surface area contributed by atoms with Crippen LogP contribution in [0.1, 0.15) is 29.2 Å². The number of nitrogens with one attached hydrogen (secondary N) is 1. The lowest BCUT2D eigenvalue weighted by atomic mass is 10.1. The second-order valence-corrected chi connectivity index (χ2v) is 7.58. The van der Waals surface area contributed by atoms with Gasteiger partial charge in [-0.1, -0.05) is 24.3 Å². The molecule has 2 aliphatic rings. The van der Waals surface area contributed by atoms with Crippen LogP contribution in [0.2, 0.25) is 0 Å². The SMILES string of the molecule is CN1CCN(Cc2ccc(CNC(=O)C3CC3c3ccco3)cc2)CC1. The largest absolute Gasteiger partial charge is 0.469 e. The molecule has 1 aliphatic carbocycles. The van der Waals surface area contributed by atoms with Gasteiger partial charge in [-0.25, -0.2) is 0 Å². The van der Waals surface area contributed by atoms with Crippen molar-refractivity contribution >= 4 is 5.91 Å². The first-order valence-corrected chi connectivity index (χ1v) is 9.49. The number of likely N-dealkylation sites (N-methyl/N-ethyl adjacent to an activating group) is 1. The van der Waals surface area contributed by atoms with E-state index < -0.39 is 0 Å². The number of nitrogens with zero attached hydrogens (tertiary/aromatic N) is 2. The smallest absolute Gasteiger partial charge is 0.224 e. The van der Waals surface area contributed by atoms with Crippen molar-refractivity contribution in [3.63, 3.8) is 0 Å². The Balaban J connectivity index is 1.22. The fraction of sp³-hybridized carbons (Fsp3) is 0.476. The van der Waals surface area contributed by atoms with E-state index in [0.29, 0.717) is 6.54 Å². The molecule has 1 aromatic carbocycles. The third-order valence-electron chi connectivity index (χ3n) is 5.53. The molecule has 1 saturated carbocycles. The Labute approximate surface area is 155 Å². The van der Waals surface area contributed by atoms with E-state index in [1.807, 2.05) is 12.1 Å². The van der Waals surface area contributed by atoms with Gasteiger partial charge in [0.1, 0.15) is 5.76 Å². The summed E-state index contributed by atoms with van der Waals surface area (Å²) >= 11 is 0. The fourth-order valence-electron chi connectivity index (χ4n) is 3.65. The van der Waals surface area contributed by atoms with Gasteiger partial charge in [-0.15, -0.1) is 0 Å². The van der Waals surface area contributed by atoms with E-state index in [-0.39, 0.29) is 17.7 Å². The first-order valence-electron chi connectivity index (χ1n) is 9.49. The summed E-state index contributed by atoms with van der Waals surface area (Å²) in [6.07, 6.45) is 2.57. The highest BCUT2D eigenvalue weighted by atomic mass is 16.3. The molecule has 2 aromatic rings. The molecule has 0 radical (unpaired) electrons. The first-order chi connectivity index (χ1) is 12.7. The average Bonchev–Trinajstić information content (AvgIpc) is 3.28. The first kappa shape index (κ1) is 17.3. The summed E-state index contributed by atoms with van der Waals surface area (Å²) in [6.45, 7) is 6.15. The molecular weight excluding hydrogens is 326 g/mol. The molecule has 2 fully saturated rings. The van der Waals surface area contributed by atoms with Crippen LogP contribution in [-0.4, -0.2) is 48.9 Å². The highest BCUT2D eigenvalue weighted by molar-refractivity contribution is 5.82. The summed E-state index contributed by atoms with van der Waals surface area (Å²) < 4.78 is 5.40. The molecule has 1 saturated heterocycles. The van der Waals surface area contributed by atoms with Gasteiger partial charge in [0.2, 0.25) is 5.91 Å². The zero-order valence-electron chi connectivity index (χ0n) is 15.4. The molecule has 2 atom stereocenters. The number of carbonyl (C=O) groups is 1. The number of furan rings is 1. The number of carbonyl (C=O) groups excluding carboxylic acids is 1. The van der Waals surface area contributed by atoms with Crippen molar-refractivity contribution in [2.45, 2.75) is 25.4 Å². The van der Waals surface area contributed by atoms with Gasteiger partial charge in [-0.05, 0) is 36.7 Å². The van der Waals surface area contributed by atoms with Crippen molar-refractivity contribution in [3.05, 3.63) is 59.5 Å². The van der Waals surface area contributed by atoms with Crippen LogP contribution < -0.4 is 5.32 Å². The molecule has 5 heteroatoms. The molecule has 2 heterocycles. The van der Waals surface area contributed by atoms with E-state index in [0.717, 1.165) is 50.5 Å². The second-order valence-electron chi connectivity index (χ2n) is 7.58. The summed E-state index contributed by atoms with van der Waals surface area (Å²) in [4.78, 5) is 17.1. The van der Waals surface area contributed by atoms with Crippen molar-refractivity contribution in [1.82, 2.24) is 15.1 Å². The van der Waals surface area contributed by atoms with E-state index in [4.69, 9.17) is 4.42 Å². The van der Waals surface area contributed by atoms with E-state index in [2.05, 4.69) is 46.4 Å². The quantitative estimate of drug-likeness (QED) is 0.867. The molecule has 4 rings (SSSR count). The predicted octanol–water partition coefficient (Wildman–Crippen LogP) is 2.45. The molecule has 2 unspecified atom stereocenters. The third kappa shape index (κ3) is 4.17. The highest BCUT2D eigenvalue weighted by Gasteiger charge is 2.45. The lowest BCUT2D eigenvalue weighted by Gasteiger charge is -2.32. The van der Waals surface area contributed by atoms with Gasteiger partial charge < -0.3 is 14.6 Å². The maximum Gasteiger partial charge on any atom is 0.224 e. The van der Waals surface area contributed by atoms with Crippen LogP contribution in [0.5, 0.6) is 0 Å². The summed E-state index contributed by atoms with van der Waals surface area (Å²) in [5, 5.41) is 3.06. The van der Waals surface area contributed by atoms with Crippen molar-refractivity contribution in [3.8, 4) is 0 Å². The van der Waals surface area contributed by atoms with Crippen molar-refractivity contribution in [2.75, 3.05) is 33.2 Å². The normalized spacial score (nSPS) is 23.7. The summed E-state index contributed by atoms with van der Waals surface area (Å²) in [5.41, 5.74) is 2.49. The topological polar surface area (TPSA) is 48.7 Å². The van der Waals surface area contributed by atoms with Gasteiger partial charge in [0, 0.05) is 51.1 Å². The fourth-order valence-corrected chi connectivity index (χ4v) is 3.65. The Kier molecular flexibility index (Phi) is 5.09. The van der Waals surface area contributed by atoms with Crippen LogP contribution >= 0.6 is 0 Å². The molecule has 0 bridgehead atoms. The third-order valence-corrected chi connectivity index (χ3v) is 5.53. The monoisotopic (exact) mass is 353 g/mol. The molecule has 5 nitrogen and oxygen atoms in total. The Morgan fingerprint density at radius 2 is 1.85 bits per heavy atom. The van der Waals surface area contributed by atoms with Crippen LogP contribution in [0, 0.1) is 5.92 Å². The average molecular weight is 353 g/mol. The number of hydrogen-bond donors (Lipinski definition) is 1. The lowest BCUT2D eigenvalue weighted by molar-refractivity contribution is -0.122. The zero-order valence-corrected chi connectivity index (χ0v) is 15.4. The number of rotatable bonds is 6. The molecule has 1 amide bonds. The molecular formula is C21H27N3O2. The van der Waals surface area contributed by atoms with E-state index >= 15 is 0 Å². The Morgan fingerprint density at radius 1 is 1.12 bits per heavy atom. The number of benzene rings is 1. The molecule has 0 spiro atoms. The van der Waals surface area contributed by atoms with Crippen LogP contribution in [0.4, 0.5) is 0 Å². The van der Waals surface area contributed by atoms with Crippen LogP contribution in [-0.2, 0) is 17.9 Å². The van der Waals surface area contributed by atoms with Crippen molar-refractivity contribution in [1.29, 1.82) is 0 Å². The lowest BCUT2D eigenvalue weighted by Crippen LogP contribution is -2.43. The number of amides is 1. The van der Waals surface area contributed by atoms with E-state index in [1.54, 1.807) is 6.26 Å². The molecule has 26 heavy (non-hydrogen) atoms. The predicted molar refractivity (Wildman–Crippen MR) is 101 cm³/mol. The Morgan fingerprint density at radius 3 is 2.54 bits per heavy atom. The van der Waals surface area contributed by atoms with Crippen molar-refractivity contribution < 1.29 is 9.21 Å². The van der Waals surface area contributed by atoms with Gasteiger partial charge in [-0.3, -0.25) is 9.69 Å². The Bertz CT molecular complexity index is 718. The van der Waals surface area contributed by atoms with Crippen molar-refractivity contribution in [2.24, 2.45) is 5.92 Å². The van der Waals surface area contributed by atoms with Crippen LogP contribution in [0.3, 0.4) is 0 Å². The molecule has 1 aliphatic heterocycles. The summed E-state index contributed by atoms with van der Waals surface area (Å²) in [7, 11) is 2.18. The van der Waals surface area contributed by atoms with Crippen LogP contribution in [0.25, 0.3) is 0 Å². The minimum Gasteiger partial charge on any atom is -0.469 e. The van der Waals surface area contributed by atoms with E-state index in [1.165, 1.54) is 5.56 Å². The van der Waals surface area contributed by atoms with Gasteiger partial charge in [-0.2, -0.15) is 0 Å². The van der Waals surface area contributed by atoms with Gasteiger partial charge in [0.25, 0.3) is 0 Å². The maximum atomic E-state index is 12.3. The minimum absolute atomic E-state index is 0.0673.